The topological polar surface area (TPSA) is 312 Å². The van der Waals surface area contributed by atoms with Crippen molar-refractivity contribution in [3.8, 4) is 0 Å². The number of nitrogens with one attached hydrogen (secondary N) is 4. The van der Waals surface area contributed by atoms with E-state index < -0.39 is 104 Å². The number of amides is 4. The summed E-state index contributed by atoms with van der Waals surface area (Å²) in [7, 11) is 0. The molecule has 0 spiro atoms. The van der Waals surface area contributed by atoms with E-state index in [1.807, 2.05) is 16.0 Å². The maximum absolute atomic E-state index is 12.5. The molecule has 18 heteroatoms. The van der Waals surface area contributed by atoms with Gasteiger partial charge in [-0.25, -0.2) is 4.79 Å². The fourth-order valence-electron chi connectivity index (χ4n) is 2.31. The van der Waals surface area contributed by atoms with E-state index in [4.69, 9.17) is 31.3 Å². The summed E-state index contributed by atoms with van der Waals surface area (Å²) in [5, 5.41) is 52.0. The Morgan fingerprint density at radius 3 is 1.43 bits per heavy atom. The van der Waals surface area contributed by atoms with Crippen LogP contribution in [0.2, 0.25) is 0 Å². The SMILES string of the molecule is N[C@@H](CO)C(=O)NCC(=O)N[C@@H](CC(=O)O)C(=O)N[C@@H](CC(=O)O)C(=O)N[C@@H](CC(=O)O)C(=O)O. The van der Waals surface area contributed by atoms with Crippen LogP contribution in [0, 0.1) is 0 Å². The summed E-state index contributed by atoms with van der Waals surface area (Å²) in [5.41, 5.74) is 5.23. The fourth-order valence-corrected chi connectivity index (χ4v) is 2.31. The summed E-state index contributed by atoms with van der Waals surface area (Å²) >= 11 is 0. The van der Waals surface area contributed by atoms with Crippen LogP contribution in [0.1, 0.15) is 19.3 Å². The Labute approximate surface area is 195 Å². The average molecular weight is 507 g/mol. The molecule has 11 N–H and O–H groups in total. The molecule has 0 aliphatic rings. The zero-order valence-corrected chi connectivity index (χ0v) is 17.9. The molecule has 0 aliphatic carbocycles. The lowest BCUT2D eigenvalue weighted by Gasteiger charge is -2.23. The Morgan fingerprint density at radius 1 is 0.629 bits per heavy atom. The van der Waals surface area contributed by atoms with Gasteiger partial charge in [-0.05, 0) is 0 Å². The quantitative estimate of drug-likeness (QED) is 0.0931. The van der Waals surface area contributed by atoms with E-state index in [-0.39, 0.29) is 0 Å². The van der Waals surface area contributed by atoms with Crippen molar-refractivity contribution in [1.29, 1.82) is 0 Å². The second-order valence-corrected chi connectivity index (χ2v) is 6.88. The molecule has 196 valence electrons. The first-order valence-electron chi connectivity index (χ1n) is 9.60. The second-order valence-electron chi connectivity index (χ2n) is 6.88. The molecule has 0 aliphatic heterocycles. The highest BCUT2D eigenvalue weighted by Gasteiger charge is 2.32. The van der Waals surface area contributed by atoms with Crippen molar-refractivity contribution < 1.29 is 63.9 Å². The molecule has 0 aromatic rings. The maximum atomic E-state index is 12.5. The van der Waals surface area contributed by atoms with E-state index in [0.29, 0.717) is 0 Å². The zero-order valence-electron chi connectivity index (χ0n) is 17.9. The number of rotatable bonds is 16. The third-order valence-corrected chi connectivity index (χ3v) is 3.99. The maximum Gasteiger partial charge on any atom is 0.326 e. The van der Waals surface area contributed by atoms with E-state index in [1.165, 1.54) is 0 Å². The van der Waals surface area contributed by atoms with Crippen LogP contribution in [0.25, 0.3) is 0 Å². The van der Waals surface area contributed by atoms with Crippen LogP contribution < -0.4 is 27.0 Å². The van der Waals surface area contributed by atoms with Gasteiger partial charge < -0.3 is 52.5 Å². The van der Waals surface area contributed by atoms with E-state index in [0.717, 1.165) is 0 Å². The third kappa shape index (κ3) is 12.5. The smallest absolute Gasteiger partial charge is 0.326 e. The lowest BCUT2D eigenvalue weighted by Crippen LogP contribution is -2.57. The van der Waals surface area contributed by atoms with Gasteiger partial charge in [0.05, 0.1) is 32.4 Å². The number of aliphatic carboxylic acids is 4. The second kappa shape index (κ2) is 14.8. The van der Waals surface area contributed by atoms with Crippen LogP contribution in [0.15, 0.2) is 0 Å². The summed E-state index contributed by atoms with van der Waals surface area (Å²) in [6.45, 7) is -1.52. The van der Waals surface area contributed by atoms with Crippen LogP contribution in [-0.4, -0.2) is 110 Å². The minimum atomic E-state index is -1.98. The number of hydrogen-bond acceptors (Lipinski definition) is 10. The first-order valence-corrected chi connectivity index (χ1v) is 9.60. The molecule has 0 fully saturated rings. The predicted molar refractivity (Wildman–Crippen MR) is 108 cm³/mol. The van der Waals surface area contributed by atoms with Crippen molar-refractivity contribution >= 4 is 47.5 Å². The minimum Gasteiger partial charge on any atom is -0.481 e. The molecule has 4 amide bonds. The summed E-state index contributed by atoms with van der Waals surface area (Å²) in [6, 6.07) is -7.18. The van der Waals surface area contributed by atoms with Gasteiger partial charge in [-0.3, -0.25) is 33.6 Å². The van der Waals surface area contributed by atoms with Gasteiger partial charge in [-0.15, -0.1) is 0 Å². The molecule has 0 unspecified atom stereocenters. The molecule has 35 heavy (non-hydrogen) atoms. The van der Waals surface area contributed by atoms with Gasteiger partial charge in [0.1, 0.15) is 24.2 Å². The first-order chi connectivity index (χ1) is 16.2. The Balaban J connectivity index is 5.46. The number of carboxylic acid groups (broad SMARTS) is 4. The number of carbonyl (C=O) groups is 8. The molecular formula is C17H25N5O13. The van der Waals surface area contributed by atoms with Gasteiger partial charge in [0.2, 0.25) is 23.6 Å². The van der Waals surface area contributed by atoms with Crippen molar-refractivity contribution in [3.05, 3.63) is 0 Å². The van der Waals surface area contributed by atoms with E-state index in [9.17, 15) is 38.4 Å². The predicted octanol–water partition coefficient (Wildman–Crippen LogP) is -5.61. The Kier molecular flexibility index (Phi) is 12.9. The molecule has 0 aromatic heterocycles. The van der Waals surface area contributed by atoms with E-state index in [2.05, 4.69) is 0 Å². The Hall–Kier alpha value is -4.32. The lowest BCUT2D eigenvalue weighted by molar-refractivity contribution is -0.148. The van der Waals surface area contributed by atoms with Crippen LogP contribution in [-0.2, 0) is 38.4 Å². The standard InChI is InChI=1S/C17H25N5O13/c18-6(5-23)14(31)19-4-10(24)20-7(1-11(25)26)15(32)21-8(2-12(27)28)16(33)22-9(17(34)35)3-13(29)30/h6-9,23H,1-5,18H2,(H,19,31)(H,20,24)(H,21,32)(H,22,33)(H,25,26)(H,27,28)(H,29,30)(H,34,35)/t6-,7-,8-,9-/m0/s1. The number of carboxylic acids is 4. The molecular weight excluding hydrogens is 482 g/mol. The van der Waals surface area contributed by atoms with Crippen LogP contribution in [0.5, 0.6) is 0 Å². The number of nitrogens with two attached hydrogens (primary N) is 1. The highest BCUT2D eigenvalue weighted by atomic mass is 16.4. The zero-order chi connectivity index (χ0) is 27.3. The van der Waals surface area contributed by atoms with Crippen molar-refractivity contribution in [3.63, 3.8) is 0 Å². The Morgan fingerprint density at radius 2 is 1.03 bits per heavy atom. The first kappa shape index (κ1) is 30.7. The molecule has 0 saturated heterocycles. The van der Waals surface area contributed by atoms with Gasteiger partial charge >= 0.3 is 23.9 Å². The van der Waals surface area contributed by atoms with Gasteiger partial charge in [0.25, 0.3) is 0 Å². The summed E-state index contributed by atoms with van der Waals surface area (Å²) in [4.78, 5) is 92.3. The summed E-state index contributed by atoms with van der Waals surface area (Å²) < 4.78 is 0. The van der Waals surface area contributed by atoms with Crippen molar-refractivity contribution in [2.45, 2.75) is 43.4 Å². The molecule has 4 atom stereocenters. The van der Waals surface area contributed by atoms with Gasteiger partial charge in [0, 0.05) is 0 Å². The molecule has 0 heterocycles. The summed E-state index contributed by atoms with van der Waals surface area (Å²) in [5.74, 6) is -11.4. The average Bonchev–Trinajstić information content (AvgIpc) is 2.74. The molecule has 0 saturated carbocycles. The molecule has 0 aromatic carbocycles. The largest absolute Gasteiger partial charge is 0.481 e. The monoisotopic (exact) mass is 507 g/mol. The normalized spacial score (nSPS) is 13.8. The molecule has 0 rings (SSSR count). The van der Waals surface area contributed by atoms with Gasteiger partial charge in [0.15, 0.2) is 0 Å². The molecule has 18 nitrogen and oxygen atoms in total. The van der Waals surface area contributed by atoms with E-state index in [1.54, 1.807) is 5.32 Å². The fraction of sp³-hybridized carbons (Fsp3) is 0.529. The van der Waals surface area contributed by atoms with Gasteiger partial charge in [-0.2, -0.15) is 0 Å². The lowest BCUT2D eigenvalue weighted by atomic mass is 10.1. The Bertz CT molecular complexity index is 861. The van der Waals surface area contributed by atoms with Crippen molar-refractivity contribution in [2.75, 3.05) is 13.2 Å². The highest BCUT2D eigenvalue weighted by Crippen LogP contribution is 2.01. The van der Waals surface area contributed by atoms with Crippen LogP contribution in [0.3, 0.4) is 0 Å². The minimum absolute atomic E-state index is 0.736. The summed E-state index contributed by atoms with van der Waals surface area (Å²) in [6.07, 6.45) is -3.22. The molecule has 0 bridgehead atoms. The van der Waals surface area contributed by atoms with Crippen LogP contribution in [0.4, 0.5) is 0 Å². The third-order valence-electron chi connectivity index (χ3n) is 3.99. The number of hydrogen-bond donors (Lipinski definition) is 10. The molecule has 0 radical (unpaired) electrons. The number of aliphatic hydroxyl groups excluding tert-OH is 1. The van der Waals surface area contributed by atoms with Gasteiger partial charge in [-0.1, -0.05) is 0 Å². The number of carbonyl (C=O) groups excluding carboxylic acids is 4. The van der Waals surface area contributed by atoms with E-state index >= 15 is 0 Å². The van der Waals surface area contributed by atoms with Crippen LogP contribution >= 0.6 is 0 Å². The highest BCUT2D eigenvalue weighted by molar-refractivity contribution is 5.97. The van der Waals surface area contributed by atoms with Crippen molar-refractivity contribution in [1.82, 2.24) is 21.3 Å². The van der Waals surface area contributed by atoms with Crippen molar-refractivity contribution in [2.24, 2.45) is 5.73 Å². The number of aliphatic hydroxyl groups is 1.